The Labute approximate surface area is 288 Å². The summed E-state index contributed by atoms with van der Waals surface area (Å²) in [6.07, 6.45) is 2.55. The van der Waals surface area contributed by atoms with Gasteiger partial charge in [-0.1, -0.05) is 38.1 Å². The van der Waals surface area contributed by atoms with Crippen molar-refractivity contribution in [2.75, 3.05) is 13.2 Å². The van der Waals surface area contributed by atoms with Crippen LogP contribution in [-0.4, -0.2) is 72.1 Å². The van der Waals surface area contributed by atoms with Gasteiger partial charge in [0.2, 0.25) is 11.2 Å². The van der Waals surface area contributed by atoms with Crippen LogP contribution in [0.3, 0.4) is 0 Å². The van der Waals surface area contributed by atoms with E-state index in [1.807, 2.05) is 13.8 Å². The number of carbonyl (C=O) groups excluding carboxylic acids is 6. The van der Waals surface area contributed by atoms with Crippen LogP contribution in [0.5, 0.6) is 11.5 Å². The Morgan fingerprint density at radius 3 is 1.36 bits per heavy atom. The molecule has 0 N–H and O–H groups in total. The van der Waals surface area contributed by atoms with Crippen molar-refractivity contribution in [3.8, 4) is 22.6 Å². The van der Waals surface area contributed by atoms with Crippen LogP contribution in [0, 0.1) is 11.8 Å². The third kappa shape index (κ3) is 5.86. The Bertz CT molecular complexity index is 1750. The monoisotopic (exact) mass is 686 g/mol. The van der Waals surface area contributed by atoms with E-state index in [1.165, 1.54) is 27.7 Å². The fourth-order valence-electron chi connectivity index (χ4n) is 7.43. The first-order chi connectivity index (χ1) is 23.7. The zero-order valence-electron chi connectivity index (χ0n) is 28.7. The molecule has 2 heterocycles. The van der Waals surface area contributed by atoms with Crippen molar-refractivity contribution < 1.29 is 57.2 Å². The summed E-state index contributed by atoms with van der Waals surface area (Å²) in [7, 11) is 0. The highest BCUT2D eigenvalue weighted by Crippen LogP contribution is 2.49. The average molecular weight is 687 g/mol. The molecule has 2 aromatic carbocycles. The molecule has 0 amide bonds. The van der Waals surface area contributed by atoms with Crippen molar-refractivity contribution in [1.82, 2.24) is 0 Å². The second kappa shape index (κ2) is 12.9. The maximum atomic E-state index is 14.2. The summed E-state index contributed by atoms with van der Waals surface area (Å²) in [5.41, 5.74) is -0.918. The number of ether oxygens (including phenoxy) is 6. The molecule has 0 bridgehead atoms. The Kier molecular flexibility index (Phi) is 8.92. The first-order valence-electron chi connectivity index (χ1n) is 16.4. The highest BCUT2D eigenvalue weighted by Gasteiger charge is 2.58. The Hall–Kier alpha value is -5.26. The van der Waals surface area contributed by atoms with Gasteiger partial charge in [-0.05, 0) is 48.2 Å². The second-order valence-corrected chi connectivity index (χ2v) is 13.3. The molecule has 12 nitrogen and oxygen atoms in total. The Balaban J connectivity index is 1.39. The third-order valence-corrected chi connectivity index (χ3v) is 9.67. The molecule has 12 heteroatoms. The van der Waals surface area contributed by atoms with Crippen LogP contribution in [0.15, 0.2) is 59.7 Å². The summed E-state index contributed by atoms with van der Waals surface area (Å²) >= 11 is 0. The number of carbonyl (C=O) groups is 6. The quantitative estimate of drug-likeness (QED) is 0.287. The molecule has 2 aromatic rings. The molecular weight excluding hydrogens is 648 g/mol. The predicted molar refractivity (Wildman–Crippen MR) is 175 cm³/mol. The topological polar surface area (TPSA) is 158 Å². The van der Waals surface area contributed by atoms with Gasteiger partial charge in [0, 0.05) is 50.7 Å². The van der Waals surface area contributed by atoms with Gasteiger partial charge in [-0.3, -0.25) is 28.8 Å². The first-order valence-corrected chi connectivity index (χ1v) is 16.4. The second-order valence-electron chi connectivity index (χ2n) is 13.3. The fraction of sp³-hybridized carbons (Fsp3) is 0.421. The number of ketones is 2. The molecule has 2 aliphatic carbocycles. The molecule has 6 atom stereocenters. The number of hydrogen-bond acceptors (Lipinski definition) is 12. The molecule has 4 aliphatic rings. The summed E-state index contributed by atoms with van der Waals surface area (Å²) in [5.74, 6) is -3.03. The lowest BCUT2D eigenvalue weighted by Gasteiger charge is -2.47. The van der Waals surface area contributed by atoms with E-state index in [-0.39, 0.29) is 70.4 Å². The lowest BCUT2D eigenvalue weighted by Crippen LogP contribution is -2.61. The van der Waals surface area contributed by atoms with E-state index in [0.717, 1.165) is 0 Å². The van der Waals surface area contributed by atoms with Crippen LogP contribution in [0.25, 0.3) is 11.1 Å². The van der Waals surface area contributed by atoms with E-state index in [4.69, 9.17) is 28.4 Å². The van der Waals surface area contributed by atoms with Gasteiger partial charge in [0.25, 0.3) is 0 Å². The predicted octanol–water partition coefficient (Wildman–Crippen LogP) is 4.90. The molecule has 0 saturated carbocycles. The normalized spacial score (nSPS) is 27.7. The average Bonchev–Trinajstić information content (AvgIpc) is 3.05. The van der Waals surface area contributed by atoms with Gasteiger partial charge in [-0.2, -0.15) is 0 Å². The van der Waals surface area contributed by atoms with Crippen LogP contribution in [0.2, 0.25) is 0 Å². The first kappa shape index (κ1) is 34.6. The van der Waals surface area contributed by atoms with Crippen molar-refractivity contribution in [3.05, 3.63) is 70.8 Å². The summed E-state index contributed by atoms with van der Waals surface area (Å²) in [6.45, 7) is 8.10. The zero-order chi connectivity index (χ0) is 36.1. The molecule has 0 radical (unpaired) electrons. The van der Waals surface area contributed by atoms with Crippen molar-refractivity contribution in [3.63, 3.8) is 0 Å². The van der Waals surface area contributed by atoms with Gasteiger partial charge in [0.05, 0.1) is 11.1 Å². The van der Waals surface area contributed by atoms with Gasteiger partial charge in [0.1, 0.15) is 24.7 Å². The SMILES string of the molecule is CC(=O)OC[C@]12Oc3ccc(-c4ccc5c(c4)C(=O)C4=CC[C@@H](C)[C@@H](OC(C)=O)[C@@]4(COC(C)=O)O5)cc3C(=O)C1=CC[C@@H](C)[C@H]2OC(C)=O. The van der Waals surface area contributed by atoms with Crippen LogP contribution in [0.1, 0.15) is 75.1 Å². The molecule has 2 aliphatic heterocycles. The van der Waals surface area contributed by atoms with Gasteiger partial charge in [0.15, 0.2) is 23.8 Å². The summed E-state index contributed by atoms with van der Waals surface area (Å²) in [4.78, 5) is 76.3. The number of hydrogen-bond donors (Lipinski definition) is 0. The number of allylic oxidation sites excluding steroid dienone is 2. The van der Waals surface area contributed by atoms with Crippen LogP contribution >= 0.6 is 0 Å². The van der Waals surface area contributed by atoms with Gasteiger partial charge in [-0.25, -0.2) is 0 Å². The summed E-state index contributed by atoms with van der Waals surface area (Å²) in [5, 5.41) is 0. The van der Waals surface area contributed by atoms with E-state index in [0.29, 0.717) is 24.0 Å². The number of Topliss-reactive ketones (excluding diaryl/α,β-unsaturated/α-hetero) is 2. The minimum Gasteiger partial charge on any atom is -0.474 e. The molecule has 0 unspecified atom stereocenters. The summed E-state index contributed by atoms with van der Waals surface area (Å²) < 4.78 is 35.1. The number of rotatable bonds is 7. The molecule has 6 rings (SSSR count). The van der Waals surface area contributed by atoms with E-state index in [2.05, 4.69) is 0 Å². The smallest absolute Gasteiger partial charge is 0.303 e. The maximum Gasteiger partial charge on any atom is 0.303 e. The minimum absolute atomic E-state index is 0.222. The molecule has 0 spiro atoms. The number of esters is 4. The van der Waals surface area contributed by atoms with Crippen molar-refractivity contribution in [1.29, 1.82) is 0 Å². The third-order valence-electron chi connectivity index (χ3n) is 9.67. The molecule has 0 aromatic heterocycles. The Morgan fingerprint density at radius 2 is 1.02 bits per heavy atom. The maximum absolute atomic E-state index is 14.2. The van der Waals surface area contributed by atoms with Crippen LogP contribution < -0.4 is 9.47 Å². The van der Waals surface area contributed by atoms with Crippen molar-refractivity contribution in [2.45, 2.75) is 77.8 Å². The molecule has 0 saturated heterocycles. The molecule has 0 fully saturated rings. The largest absolute Gasteiger partial charge is 0.474 e. The zero-order valence-corrected chi connectivity index (χ0v) is 28.7. The Morgan fingerprint density at radius 1 is 0.640 bits per heavy atom. The molecular formula is C38H38O12. The van der Waals surface area contributed by atoms with E-state index in [9.17, 15) is 28.8 Å². The van der Waals surface area contributed by atoms with Crippen molar-refractivity contribution >= 4 is 35.4 Å². The van der Waals surface area contributed by atoms with E-state index < -0.39 is 47.3 Å². The van der Waals surface area contributed by atoms with Gasteiger partial charge < -0.3 is 28.4 Å². The number of fused-ring (bicyclic) bond motifs is 4. The highest BCUT2D eigenvalue weighted by molar-refractivity contribution is 6.15. The fourth-order valence-corrected chi connectivity index (χ4v) is 7.43. The summed E-state index contributed by atoms with van der Waals surface area (Å²) in [6, 6.07) is 10.0. The highest BCUT2D eigenvalue weighted by atomic mass is 16.6. The van der Waals surface area contributed by atoms with E-state index in [1.54, 1.807) is 48.6 Å². The lowest BCUT2D eigenvalue weighted by atomic mass is 9.71. The molecule has 50 heavy (non-hydrogen) atoms. The van der Waals surface area contributed by atoms with Gasteiger partial charge in [-0.15, -0.1) is 0 Å². The van der Waals surface area contributed by atoms with Crippen molar-refractivity contribution in [2.24, 2.45) is 11.8 Å². The van der Waals surface area contributed by atoms with Crippen LogP contribution in [-0.2, 0) is 38.1 Å². The van der Waals surface area contributed by atoms with E-state index >= 15 is 0 Å². The molecule has 262 valence electrons. The van der Waals surface area contributed by atoms with Gasteiger partial charge >= 0.3 is 23.9 Å². The lowest BCUT2D eigenvalue weighted by molar-refractivity contribution is -0.174. The number of benzene rings is 2. The standard InChI is InChI=1S/C38H38O12/c1-19-7-11-29-33(43)27-15-25(9-13-31(27)49-37(29,17-45-21(3)39)35(19)47-23(5)41)26-10-14-32-28(16-26)34(44)30-12-8-20(2)36(48-24(6)42)38(30,50-32)18-46-22(4)40/h9-16,19-20,35-36H,7-8,17-18H2,1-6H3/t19-,20-,35-,36-,37+,38+/m1/s1. The van der Waals surface area contributed by atoms with Crippen LogP contribution in [0.4, 0.5) is 0 Å². The minimum atomic E-state index is -1.54.